The standard InChI is InChI=1S/C24H29NO8/c1-14(26)25-19-21(29)22-18(13-31-23(33-22)16-10-6-3-7-11-16)32-24(19)30-12-17(27)20(28)15-8-4-2-5-9-15/h2-11,17-24,27-29H,12-13H2,1H3,(H,25,26)/t17-,18+,19+,20-,21+,22+,23+,24+/m0/s1. The number of rotatable bonds is 7. The molecular weight excluding hydrogens is 430 g/mol. The molecule has 0 aromatic heterocycles. The van der Waals surface area contributed by atoms with E-state index in [4.69, 9.17) is 18.9 Å². The van der Waals surface area contributed by atoms with Gasteiger partial charge in [0.25, 0.3) is 0 Å². The van der Waals surface area contributed by atoms with Gasteiger partial charge in [-0.1, -0.05) is 60.7 Å². The molecule has 0 spiro atoms. The van der Waals surface area contributed by atoms with Gasteiger partial charge in [0.2, 0.25) is 5.91 Å². The third-order valence-corrected chi connectivity index (χ3v) is 5.74. The van der Waals surface area contributed by atoms with Crippen LogP contribution >= 0.6 is 0 Å². The van der Waals surface area contributed by atoms with Crippen molar-refractivity contribution >= 4 is 5.91 Å². The van der Waals surface area contributed by atoms with Gasteiger partial charge in [0, 0.05) is 12.5 Å². The fourth-order valence-corrected chi connectivity index (χ4v) is 4.06. The van der Waals surface area contributed by atoms with Crippen LogP contribution in [0.5, 0.6) is 0 Å². The van der Waals surface area contributed by atoms with Crippen LogP contribution in [0.3, 0.4) is 0 Å². The summed E-state index contributed by atoms with van der Waals surface area (Å²) in [6.07, 6.45) is -6.73. The number of hydrogen-bond donors (Lipinski definition) is 4. The van der Waals surface area contributed by atoms with E-state index in [0.29, 0.717) is 5.56 Å². The largest absolute Gasteiger partial charge is 0.388 e. The van der Waals surface area contributed by atoms with E-state index in [1.165, 1.54) is 6.92 Å². The van der Waals surface area contributed by atoms with Crippen LogP contribution in [0.25, 0.3) is 0 Å². The molecule has 2 heterocycles. The SMILES string of the molecule is CC(=O)N[C@H]1[C@H](OC[C@H](O)[C@@H](O)c2ccccc2)O[C@@H]2CO[C@@H](c3ccccc3)O[C@H]2[C@@H]1O. The highest BCUT2D eigenvalue weighted by molar-refractivity contribution is 5.73. The molecule has 33 heavy (non-hydrogen) atoms. The van der Waals surface area contributed by atoms with E-state index < -0.39 is 49.1 Å². The molecule has 4 rings (SSSR count). The van der Waals surface area contributed by atoms with E-state index in [0.717, 1.165) is 5.56 Å². The van der Waals surface area contributed by atoms with Crippen LogP contribution in [0.1, 0.15) is 30.4 Å². The second-order valence-corrected chi connectivity index (χ2v) is 8.19. The van der Waals surface area contributed by atoms with Crippen LogP contribution in [0.2, 0.25) is 0 Å². The number of fused-ring (bicyclic) bond motifs is 1. The van der Waals surface area contributed by atoms with E-state index in [1.54, 1.807) is 24.3 Å². The first-order chi connectivity index (χ1) is 15.9. The molecule has 0 bridgehead atoms. The zero-order valence-corrected chi connectivity index (χ0v) is 18.2. The normalized spacial score (nSPS) is 31.3. The van der Waals surface area contributed by atoms with Gasteiger partial charge < -0.3 is 39.6 Å². The third kappa shape index (κ3) is 5.59. The van der Waals surface area contributed by atoms with Crippen molar-refractivity contribution in [2.24, 2.45) is 0 Å². The Morgan fingerprint density at radius 1 is 1.09 bits per heavy atom. The van der Waals surface area contributed by atoms with Crippen LogP contribution < -0.4 is 5.32 Å². The average Bonchev–Trinajstić information content (AvgIpc) is 2.84. The molecule has 2 aliphatic heterocycles. The minimum Gasteiger partial charge on any atom is -0.388 e. The number of carbonyl (C=O) groups excluding carboxylic acids is 1. The molecule has 2 saturated heterocycles. The lowest BCUT2D eigenvalue weighted by Crippen LogP contribution is -2.66. The minimum atomic E-state index is -1.25. The topological polar surface area (TPSA) is 127 Å². The van der Waals surface area contributed by atoms with E-state index in [1.807, 2.05) is 36.4 Å². The number of nitrogens with one attached hydrogen (secondary N) is 1. The second kappa shape index (κ2) is 10.7. The summed E-state index contributed by atoms with van der Waals surface area (Å²) in [6, 6.07) is 17.1. The van der Waals surface area contributed by atoms with Gasteiger partial charge in [-0.2, -0.15) is 0 Å². The Bertz CT molecular complexity index is 898. The Labute approximate surface area is 191 Å². The Morgan fingerprint density at radius 2 is 1.76 bits per heavy atom. The fourth-order valence-electron chi connectivity index (χ4n) is 4.06. The smallest absolute Gasteiger partial charge is 0.217 e. The second-order valence-electron chi connectivity index (χ2n) is 8.19. The molecule has 2 aromatic carbocycles. The van der Waals surface area contributed by atoms with Crippen LogP contribution in [0.15, 0.2) is 60.7 Å². The van der Waals surface area contributed by atoms with Crippen molar-refractivity contribution in [2.75, 3.05) is 13.2 Å². The molecule has 2 aliphatic rings. The highest BCUT2D eigenvalue weighted by Crippen LogP contribution is 2.34. The maximum atomic E-state index is 11.8. The summed E-state index contributed by atoms with van der Waals surface area (Å²) in [4.78, 5) is 11.8. The van der Waals surface area contributed by atoms with Crippen LogP contribution in [0.4, 0.5) is 0 Å². The maximum absolute atomic E-state index is 11.8. The lowest BCUT2D eigenvalue weighted by atomic mass is 9.95. The van der Waals surface area contributed by atoms with E-state index >= 15 is 0 Å². The van der Waals surface area contributed by atoms with Crippen molar-refractivity contribution in [1.29, 1.82) is 0 Å². The van der Waals surface area contributed by atoms with Gasteiger partial charge in [-0.05, 0) is 5.56 Å². The fraction of sp³-hybridized carbons (Fsp3) is 0.458. The zero-order valence-electron chi connectivity index (χ0n) is 18.2. The number of amides is 1. The first-order valence-electron chi connectivity index (χ1n) is 10.9. The molecular formula is C24H29NO8. The maximum Gasteiger partial charge on any atom is 0.217 e. The molecule has 0 saturated carbocycles. The molecule has 0 unspecified atom stereocenters. The summed E-state index contributed by atoms with van der Waals surface area (Å²) in [7, 11) is 0. The molecule has 8 atom stereocenters. The molecule has 0 aliphatic carbocycles. The summed E-state index contributed by atoms with van der Waals surface area (Å²) in [5.41, 5.74) is 1.34. The summed E-state index contributed by atoms with van der Waals surface area (Å²) in [5.74, 6) is -0.383. The predicted octanol–water partition coefficient (Wildman–Crippen LogP) is 0.802. The van der Waals surface area contributed by atoms with E-state index in [2.05, 4.69) is 5.32 Å². The molecule has 1 amide bonds. The highest BCUT2D eigenvalue weighted by atomic mass is 16.7. The molecule has 9 nitrogen and oxygen atoms in total. The van der Waals surface area contributed by atoms with Crippen LogP contribution in [-0.2, 0) is 23.7 Å². The number of carbonyl (C=O) groups is 1. The van der Waals surface area contributed by atoms with E-state index in [-0.39, 0.29) is 19.1 Å². The van der Waals surface area contributed by atoms with Crippen molar-refractivity contribution in [1.82, 2.24) is 5.32 Å². The predicted molar refractivity (Wildman–Crippen MR) is 116 cm³/mol. The number of aliphatic hydroxyl groups is 3. The zero-order chi connectivity index (χ0) is 23.4. The number of hydrogen-bond acceptors (Lipinski definition) is 8. The van der Waals surface area contributed by atoms with Gasteiger partial charge in [-0.25, -0.2) is 0 Å². The molecule has 2 fully saturated rings. The van der Waals surface area contributed by atoms with Gasteiger partial charge in [-0.3, -0.25) is 4.79 Å². The molecule has 178 valence electrons. The summed E-state index contributed by atoms with van der Waals surface area (Å²) < 4.78 is 23.4. The average molecular weight is 459 g/mol. The quantitative estimate of drug-likeness (QED) is 0.479. The van der Waals surface area contributed by atoms with Gasteiger partial charge in [-0.15, -0.1) is 0 Å². The Kier molecular flexibility index (Phi) is 7.71. The van der Waals surface area contributed by atoms with Crippen molar-refractivity contribution in [3.8, 4) is 0 Å². The Balaban J connectivity index is 1.43. The Hall–Kier alpha value is -2.37. The highest BCUT2D eigenvalue weighted by Gasteiger charge is 2.50. The van der Waals surface area contributed by atoms with Gasteiger partial charge >= 0.3 is 0 Å². The van der Waals surface area contributed by atoms with Crippen molar-refractivity contribution in [3.63, 3.8) is 0 Å². The molecule has 0 radical (unpaired) electrons. The third-order valence-electron chi connectivity index (χ3n) is 5.74. The van der Waals surface area contributed by atoms with Crippen LogP contribution in [-0.4, -0.2) is 71.2 Å². The Morgan fingerprint density at radius 3 is 2.42 bits per heavy atom. The summed E-state index contributed by atoms with van der Waals surface area (Å²) >= 11 is 0. The molecule has 2 aromatic rings. The molecule has 9 heteroatoms. The minimum absolute atomic E-state index is 0.142. The van der Waals surface area contributed by atoms with E-state index in [9.17, 15) is 20.1 Å². The lowest BCUT2D eigenvalue weighted by molar-refractivity contribution is -0.346. The number of ether oxygens (including phenoxy) is 4. The number of aliphatic hydroxyl groups excluding tert-OH is 3. The van der Waals surface area contributed by atoms with Crippen molar-refractivity contribution in [2.45, 2.75) is 56.1 Å². The van der Waals surface area contributed by atoms with Gasteiger partial charge in [0.15, 0.2) is 12.6 Å². The number of benzene rings is 2. The lowest BCUT2D eigenvalue weighted by Gasteiger charge is -2.47. The summed E-state index contributed by atoms with van der Waals surface area (Å²) in [5, 5.41) is 34.5. The van der Waals surface area contributed by atoms with Crippen LogP contribution in [0, 0.1) is 0 Å². The first-order valence-corrected chi connectivity index (χ1v) is 10.9. The van der Waals surface area contributed by atoms with Crippen molar-refractivity contribution < 1.29 is 39.1 Å². The van der Waals surface area contributed by atoms with Gasteiger partial charge in [0.1, 0.15) is 36.6 Å². The van der Waals surface area contributed by atoms with Gasteiger partial charge in [0.05, 0.1) is 13.2 Å². The molecule has 4 N–H and O–H groups in total. The monoisotopic (exact) mass is 459 g/mol. The first kappa shape index (κ1) is 23.8. The van der Waals surface area contributed by atoms with Crippen molar-refractivity contribution in [3.05, 3.63) is 71.8 Å². The summed E-state index contributed by atoms with van der Waals surface area (Å²) in [6.45, 7) is 1.18.